The van der Waals surface area contributed by atoms with Gasteiger partial charge in [0, 0.05) is 19.6 Å². The molecule has 3 fully saturated rings. The number of imide groups is 1. The summed E-state index contributed by atoms with van der Waals surface area (Å²) in [6.45, 7) is 3.19. The van der Waals surface area contributed by atoms with E-state index in [0.29, 0.717) is 32.5 Å². The van der Waals surface area contributed by atoms with Crippen LogP contribution in [0.15, 0.2) is 24.3 Å². The maximum absolute atomic E-state index is 13.0. The van der Waals surface area contributed by atoms with E-state index in [1.165, 1.54) is 17.0 Å². The summed E-state index contributed by atoms with van der Waals surface area (Å²) < 4.78 is 13.0. The SMILES string of the molecule is C[C@]12CCCN1C(=O)N([C@@H]1CCN(Cc3ccc(F)cc3)C1=O)C2=O. The summed E-state index contributed by atoms with van der Waals surface area (Å²) in [5, 5.41) is 0. The van der Waals surface area contributed by atoms with Gasteiger partial charge in [-0.15, -0.1) is 0 Å². The Hall–Kier alpha value is -2.44. The maximum Gasteiger partial charge on any atom is 0.328 e. The standard InChI is InChI=1S/C18H20FN3O3/c1-18-8-2-9-21(18)17(25)22(16(18)24)14-7-10-20(15(14)23)11-12-3-5-13(19)6-4-12/h3-6,14H,2,7-11H2,1H3/t14-,18-/m1/s1. The van der Waals surface area contributed by atoms with E-state index in [9.17, 15) is 18.8 Å². The predicted molar refractivity (Wildman–Crippen MR) is 86.8 cm³/mol. The molecule has 3 aliphatic rings. The Kier molecular flexibility index (Phi) is 3.56. The summed E-state index contributed by atoms with van der Waals surface area (Å²) >= 11 is 0. The van der Waals surface area contributed by atoms with Crippen molar-refractivity contribution >= 4 is 17.8 Å². The Labute approximate surface area is 145 Å². The first kappa shape index (κ1) is 16.1. The topological polar surface area (TPSA) is 60.9 Å². The Morgan fingerprint density at radius 3 is 2.56 bits per heavy atom. The van der Waals surface area contributed by atoms with Crippen LogP contribution in [-0.4, -0.2) is 57.2 Å². The van der Waals surface area contributed by atoms with Gasteiger partial charge in [0.25, 0.3) is 5.91 Å². The van der Waals surface area contributed by atoms with Gasteiger partial charge in [-0.25, -0.2) is 14.1 Å². The van der Waals surface area contributed by atoms with Crippen LogP contribution in [0.2, 0.25) is 0 Å². The van der Waals surface area contributed by atoms with Gasteiger partial charge in [0.15, 0.2) is 0 Å². The zero-order valence-corrected chi connectivity index (χ0v) is 14.1. The van der Waals surface area contributed by atoms with Gasteiger partial charge in [-0.05, 0) is 43.9 Å². The molecule has 0 aliphatic carbocycles. The molecule has 3 heterocycles. The Balaban J connectivity index is 1.51. The van der Waals surface area contributed by atoms with Gasteiger partial charge < -0.3 is 9.80 Å². The molecule has 1 aromatic carbocycles. The van der Waals surface area contributed by atoms with Crippen molar-refractivity contribution < 1.29 is 18.8 Å². The molecule has 25 heavy (non-hydrogen) atoms. The van der Waals surface area contributed by atoms with Crippen molar-refractivity contribution in [2.75, 3.05) is 13.1 Å². The molecule has 3 saturated heterocycles. The Bertz CT molecular complexity index is 750. The van der Waals surface area contributed by atoms with Gasteiger partial charge in [-0.1, -0.05) is 12.1 Å². The molecule has 6 nitrogen and oxygen atoms in total. The lowest BCUT2D eigenvalue weighted by Crippen LogP contribution is -2.47. The second-order valence-corrected chi connectivity index (χ2v) is 7.18. The van der Waals surface area contributed by atoms with Crippen molar-refractivity contribution in [3.05, 3.63) is 35.6 Å². The number of carbonyl (C=O) groups excluding carboxylic acids is 3. The van der Waals surface area contributed by atoms with Gasteiger partial charge in [0.2, 0.25) is 5.91 Å². The number of hydrogen-bond acceptors (Lipinski definition) is 3. The number of amides is 4. The quantitative estimate of drug-likeness (QED) is 0.784. The second-order valence-electron chi connectivity index (χ2n) is 7.18. The van der Waals surface area contributed by atoms with Gasteiger partial charge >= 0.3 is 6.03 Å². The predicted octanol–water partition coefficient (Wildman–Crippen LogP) is 1.74. The third kappa shape index (κ3) is 2.33. The summed E-state index contributed by atoms with van der Waals surface area (Å²) in [6, 6.07) is 4.93. The lowest BCUT2D eigenvalue weighted by Gasteiger charge is -2.23. The van der Waals surface area contributed by atoms with E-state index in [0.717, 1.165) is 12.0 Å². The lowest BCUT2D eigenvalue weighted by atomic mass is 9.99. The molecule has 2 atom stereocenters. The smallest absolute Gasteiger partial charge is 0.328 e. The molecule has 0 spiro atoms. The van der Waals surface area contributed by atoms with Crippen LogP contribution in [0.25, 0.3) is 0 Å². The zero-order valence-electron chi connectivity index (χ0n) is 14.1. The number of carbonyl (C=O) groups is 3. The highest BCUT2D eigenvalue weighted by atomic mass is 19.1. The molecule has 0 unspecified atom stereocenters. The number of fused-ring (bicyclic) bond motifs is 1. The summed E-state index contributed by atoms with van der Waals surface area (Å²) in [5.41, 5.74) is 0.0314. The molecule has 4 amide bonds. The van der Waals surface area contributed by atoms with E-state index in [2.05, 4.69) is 0 Å². The van der Waals surface area contributed by atoms with Crippen molar-refractivity contribution in [2.45, 2.75) is 44.3 Å². The molecule has 0 bridgehead atoms. The van der Waals surface area contributed by atoms with E-state index >= 15 is 0 Å². The van der Waals surface area contributed by atoms with Crippen molar-refractivity contribution in [3.63, 3.8) is 0 Å². The van der Waals surface area contributed by atoms with Crippen molar-refractivity contribution in [1.82, 2.24) is 14.7 Å². The highest BCUT2D eigenvalue weighted by molar-refractivity contribution is 6.10. The van der Waals surface area contributed by atoms with Crippen LogP contribution in [0, 0.1) is 5.82 Å². The molecular weight excluding hydrogens is 325 g/mol. The molecule has 7 heteroatoms. The highest BCUT2D eigenvalue weighted by Crippen LogP contribution is 2.39. The van der Waals surface area contributed by atoms with Crippen LogP contribution in [0.1, 0.15) is 31.7 Å². The zero-order chi connectivity index (χ0) is 17.8. The maximum atomic E-state index is 13.0. The minimum Gasteiger partial charge on any atom is -0.336 e. The minimum absolute atomic E-state index is 0.212. The van der Waals surface area contributed by atoms with E-state index in [-0.39, 0.29) is 23.7 Å². The highest BCUT2D eigenvalue weighted by Gasteiger charge is 2.59. The number of urea groups is 1. The van der Waals surface area contributed by atoms with Crippen LogP contribution < -0.4 is 0 Å². The first-order chi connectivity index (χ1) is 11.9. The summed E-state index contributed by atoms with van der Waals surface area (Å²) in [4.78, 5) is 42.6. The van der Waals surface area contributed by atoms with Crippen LogP contribution in [-0.2, 0) is 16.1 Å². The van der Waals surface area contributed by atoms with Crippen molar-refractivity contribution in [1.29, 1.82) is 0 Å². The first-order valence-electron chi connectivity index (χ1n) is 8.60. The van der Waals surface area contributed by atoms with Crippen LogP contribution in [0.4, 0.5) is 9.18 Å². The van der Waals surface area contributed by atoms with E-state index < -0.39 is 11.6 Å². The fourth-order valence-electron chi connectivity index (χ4n) is 4.17. The van der Waals surface area contributed by atoms with E-state index in [1.807, 2.05) is 0 Å². The van der Waals surface area contributed by atoms with E-state index in [1.54, 1.807) is 28.9 Å². The largest absolute Gasteiger partial charge is 0.336 e. The monoisotopic (exact) mass is 345 g/mol. The Morgan fingerprint density at radius 2 is 1.88 bits per heavy atom. The molecule has 4 rings (SSSR count). The normalized spacial score (nSPS) is 29.1. The average Bonchev–Trinajstić information content (AvgIpc) is 3.19. The molecule has 0 radical (unpaired) electrons. The summed E-state index contributed by atoms with van der Waals surface area (Å²) in [7, 11) is 0. The third-order valence-corrected chi connectivity index (χ3v) is 5.63. The van der Waals surface area contributed by atoms with Gasteiger partial charge in [0.1, 0.15) is 17.4 Å². The Morgan fingerprint density at radius 1 is 1.16 bits per heavy atom. The number of hydrogen-bond donors (Lipinski definition) is 0. The van der Waals surface area contributed by atoms with Crippen LogP contribution >= 0.6 is 0 Å². The lowest BCUT2D eigenvalue weighted by molar-refractivity contribution is -0.140. The number of likely N-dealkylation sites (tertiary alicyclic amines) is 1. The number of benzene rings is 1. The molecule has 3 aliphatic heterocycles. The minimum atomic E-state index is -0.790. The molecule has 0 N–H and O–H groups in total. The second kappa shape index (κ2) is 5.54. The number of nitrogens with zero attached hydrogens (tertiary/aromatic N) is 3. The third-order valence-electron chi connectivity index (χ3n) is 5.63. The van der Waals surface area contributed by atoms with Gasteiger partial charge in [0.05, 0.1) is 0 Å². The summed E-state index contributed by atoms with van der Waals surface area (Å²) in [6.07, 6.45) is 1.91. The van der Waals surface area contributed by atoms with Crippen LogP contribution in [0.3, 0.4) is 0 Å². The molecule has 0 saturated carbocycles. The fraction of sp³-hybridized carbons (Fsp3) is 0.500. The van der Waals surface area contributed by atoms with Crippen LogP contribution in [0.5, 0.6) is 0 Å². The molecule has 0 aromatic heterocycles. The van der Waals surface area contributed by atoms with Gasteiger partial charge in [-0.3, -0.25) is 9.59 Å². The molecule has 1 aromatic rings. The van der Waals surface area contributed by atoms with Gasteiger partial charge in [-0.2, -0.15) is 0 Å². The number of rotatable bonds is 3. The average molecular weight is 345 g/mol. The fourth-order valence-corrected chi connectivity index (χ4v) is 4.17. The molecular formula is C18H20FN3O3. The number of halogens is 1. The molecule has 132 valence electrons. The summed E-state index contributed by atoms with van der Waals surface area (Å²) in [5.74, 6) is -0.788. The first-order valence-corrected chi connectivity index (χ1v) is 8.60. The van der Waals surface area contributed by atoms with Crippen molar-refractivity contribution in [2.24, 2.45) is 0 Å². The van der Waals surface area contributed by atoms with E-state index in [4.69, 9.17) is 0 Å². The van der Waals surface area contributed by atoms with Crippen molar-refractivity contribution in [3.8, 4) is 0 Å².